The Morgan fingerprint density at radius 3 is 2.62 bits per heavy atom. The van der Waals surface area contributed by atoms with E-state index in [2.05, 4.69) is 4.98 Å². The molecule has 0 saturated carbocycles. The van der Waals surface area contributed by atoms with Gasteiger partial charge in [0.25, 0.3) is 5.91 Å². The average Bonchev–Trinajstić information content (AvgIpc) is 3.10. The lowest BCUT2D eigenvalue weighted by Gasteiger charge is -2.23. The van der Waals surface area contributed by atoms with E-state index in [0.29, 0.717) is 58.7 Å². The molecular weight excluding hydrogens is 417 g/mol. The number of nitrogens with zero attached hydrogens (tertiary/aromatic N) is 3. The summed E-state index contributed by atoms with van der Waals surface area (Å²) >= 11 is 1.30. The molecule has 0 fully saturated rings. The number of hydrogen-bond donors (Lipinski definition) is 0. The predicted octanol–water partition coefficient (Wildman–Crippen LogP) is 3.84. The summed E-state index contributed by atoms with van der Waals surface area (Å²) in [4.78, 5) is 21.5. The second-order valence-corrected chi connectivity index (χ2v) is 7.74. The molecule has 154 valence electrons. The summed E-state index contributed by atoms with van der Waals surface area (Å²) in [6, 6.07) is 9.62. The molecule has 2 aromatic carbocycles. The Morgan fingerprint density at radius 2 is 1.86 bits per heavy atom. The zero-order valence-corrected chi connectivity index (χ0v) is 17.7. The van der Waals surface area contributed by atoms with Crippen LogP contribution in [0.2, 0.25) is 0 Å². The van der Waals surface area contributed by atoms with E-state index in [9.17, 15) is 9.18 Å². The van der Waals surface area contributed by atoms with Crippen LogP contribution in [0.15, 0.2) is 36.4 Å². The van der Waals surface area contributed by atoms with Gasteiger partial charge >= 0.3 is 0 Å². The molecule has 0 aliphatic carbocycles. The number of ether oxygens (including phenoxy) is 2. The fourth-order valence-corrected chi connectivity index (χ4v) is 3.93. The maximum absolute atomic E-state index is 13.6. The number of benzene rings is 2. The van der Waals surface area contributed by atoms with E-state index >= 15 is 0 Å². The molecule has 3 aromatic rings. The van der Waals surface area contributed by atoms with Crippen molar-refractivity contribution in [2.24, 2.45) is 0 Å². The van der Waals surface area contributed by atoms with Gasteiger partial charge < -0.3 is 14.4 Å². The molecule has 1 amide bonds. The number of likely N-dealkylation sites (N-methyl/N-ethyl adjacent to an activating group) is 1. The zero-order valence-electron chi connectivity index (χ0n) is 16.1. The first kappa shape index (κ1) is 21.3. The first-order valence-electron chi connectivity index (χ1n) is 8.93. The van der Waals surface area contributed by atoms with Crippen molar-refractivity contribution in [2.75, 3.05) is 45.3 Å². The van der Waals surface area contributed by atoms with Crippen molar-refractivity contribution in [3.05, 3.63) is 47.8 Å². The molecule has 0 saturated heterocycles. The highest BCUT2D eigenvalue weighted by molar-refractivity contribution is 7.22. The molecular formula is C20H21ClFN3O3S. The quantitative estimate of drug-likeness (QED) is 0.607. The predicted molar refractivity (Wildman–Crippen MR) is 114 cm³/mol. The van der Waals surface area contributed by atoms with Crippen molar-refractivity contribution in [3.8, 4) is 11.5 Å². The summed E-state index contributed by atoms with van der Waals surface area (Å²) in [7, 11) is 3.89. The summed E-state index contributed by atoms with van der Waals surface area (Å²) in [5.41, 5.74) is 1.17. The Labute approximate surface area is 178 Å². The molecule has 2 heterocycles. The van der Waals surface area contributed by atoms with E-state index in [-0.39, 0.29) is 24.1 Å². The smallest absolute Gasteiger partial charge is 0.260 e. The SMILES string of the molecule is CN(C)CCN(C(=O)c1ccc2c(c1)OCCO2)c1nc2ccc(F)cc2s1.Cl. The third-order valence-electron chi connectivity index (χ3n) is 4.38. The minimum Gasteiger partial charge on any atom is -0.486 e. The maximum Gasteiger partial charge on any atom is 0.260 e. The molecule has 4 rings (SSSR count). The van der Waals surface area contributed by atoms with E-state index in [4.69, 9.17) is 9.47 Å². The Hall–Kier alpha value is -2.42. The summed E-state index contributed by atoms with van der Waals surface area (Å²) in [5, 5.41) is 0.544. The fraction of sp³-hybridized carbons (Fsp3) is 0.300. The number of fused-ring (bicyclic) bond motifs is 2. The number of hydrogen-bond acceptors (Lipinski definition) is 6. The Kier molecular flexibility index (Phi) is 6.56. The Morgan fingerprint density at radius 1 is 1.10 bits per heavy atom. The van der Waals surface area contributed by atoms with Crippen molar-refractivity contribution in [3.63, 3.8) is 0 Å². The largest absolute Gasteiger partial charge is 0.486 e. The Bertz CT molecular complexity index is 1030. The van der Waals surface area contributed by atoms with Crippen molar-refractivity contribution >= 4 is 45.0 Å². The van der Waals surface area contributed by atoms with Gasteiger partial charge in [-0.2, -0.15) is 0 Å². The van der Waals surface area contributed by atoms with Crippen molar-refractivity contribution in [1.29, 1.82) is 0 Å². The molecule has 0 atom stereocenters. The topological polar surface area (TPSA) is 54.9 Å². The van der Waals surface area contributed by atoms with Gasteiger partial charge in [-0.25, -0.2) is 9.37 Å². The highest BCUT2D eigenvalue weighted by Gasteiger charge is 2.23. The fourth-order valence-electron chi connectivity index (χ4n) is 2.92. The number of carbonyl (C=O) groups is 1. The zero-order chi connectivity index (χ0) is 19.7. The molecule has 9 heteroatoms. The van der Waals surface area contributed by atoms with Gasteiger partial charge in [0.15, 0.2) is 16.6 Å². The van der Waals surface area contributed by atoms with Gasteiger partial charge in [0.2, 0.25) is 0 Å². The van der Waals surface area contributed by atoms with Crippen LogP contribution in [-0.2, 0) is 0 Å². The second-order valence-electron chi connectivity index (χ2n) is 6.73. The van der Waals surface area contributed by atoms with E-state index in [1.807, 2.05) is 19.0 Å². The second kappa shape index (κ2) is 8.94. The molecule has 1 aliphatic rings. The number of rotatable bonds is 5. The van der Waals surface area contributed by atoms with Gasteiger partial charge in [0.1, 0.15) is 19.0 Å². The third kappa shape index (κ3) is 4.60. The van der Waals surface area contributed by atoms with Crippen molar-refractivity contribution < 1.29 is 18.7 Å². The van der Waals surface area contributed by atoms with E-state index in [0.717, 1.165) is 0 Å². The highest BCUT2D eigenvalue weighted by atomic mass is 35.5. The minimum atomic E-state index is -0.319. The van der Waals surface area contributed by atoms with E-state index in [1.165, 1.54) is 23.5 Å². The van der Waals surface area contributed by atoms with Crippen molar-refractivity contribution in [2.45, 2.75) is 0 Å². The van der Waals surface area contributed by atoms with Gasteiger partial charge in [-0.05, 0) is 50.5 Å². The molecule has 0 spiro atoms. The first-order chi connectivity index (χ1) is 13.5. The molecule has 0 radical (unpaired) electrons. The lowest BCUT2D eigenvalue weighted by atomic mass is 10.1. The number of anilines is 1. The average molecular weight is 438 g/mol. The van der Waals surface area contributed by atoms with Crippen LogP contribution in [0, 0.1) is 5.82 Å². The first-order valence-corrected chi connectivity index (χ1v) is 9.75. The molecule has 0 unspecified atom stereocenters. The van der Waals surface area contributed by atoms with Crippen molar-refractivity contribution in [1.82, 2.24) is 9.88 Å². The molecule has 0 N–H and O–H groups in total. The van der Waals surface area contributed by atoms with Crippen LogP contribution in [0.1, 0.15) is 10.4 Å². The summed E-state index contributed by atoms with van der Waals surface area (Å²) in [6.07, 6.45) is 0. The lowest BCUT2D eigenvalue weighted by molar-refractivity contribution is 0.0984. The van der Waals surface area contributed by atoms with Crippen LogP contribution in [0.3, 0.4) is 0 Å². The maximum atomic E-state index is 13.6. The normalized spacial score (nSPS) is 12.7. The van der Waals surface area contributed by atoms with Gasteiger partial charge in [-0.15, -0.1) is 12.4 Å². The number of amides is 1. The molecule has 6 nitrogen and oxygen atoms in total. The van der Waals surface area contributed by atoms with Crippen LogP contribution >= 0.6 is 23.7 Å². The third-order valence-corrected chi connectivity index (χ3v) is 5.42. The van der Waals surface area contributed by atoms with E-state index < -0.39 is 0 Å². The molecule has 29 heavy (non-hydrogen) atoms. The summed E-state index contributed by atoms with van der Waals surface area (Å²) < 4.78 is 25.4. The van der Waals surface area contributed by atoms with Crippen LogP contribution in [-0.4, -0.2) is 56.2 Å². The van der Waals surface area contributed by atoms with Crippen LogP contribution in [0.25, 0.3) is 10.2 Å². The number of carbonyl (C=O) groups excluding carboxylic acids is 1. The summed E-state index contributed by atoms with van der Waals surface area (Å²) in [6.45, 7) is 2.08. The minimum absolute atomic E-state index is 0. The van der Waals surface area contributed by atoms with E-state index in [1.54, 1.807) is 29.2 Å². The van der Waals surface area contributed by atoms with Crippen LogP contribution < -0.4 is 14.4 Å². The number of halogens is 2. The van der Waals surface area contributed by atoms with Gasteiger partial charge in [-0.1, -0.05) is 11.3 Å². The highest BCUT2D eigenvalue weighted by Crippen LogP contribution is 2.33. The van der Waals surface area contributed by atoms with Gasteiger partial charge in [0.05, 0.1) is 10.2 Å². The lowest BCUT2D eigenvalue weighted by Crippen LogP contribution is -2.36. The summed E-state index contributed by atoms with van der Waals surface area (Å²) in [5.74, 6) is 0.702. The van der Waals surface area contributed by atoms with Gasteiger partial charge in [0, 0.05) is 18.7 Å². The number of thiazole rings is 1. The molecule has 1 aromatic heterocycles. The monoisotopic (exact) mass is 437 g/mol. The van der Waals surface area contributed by atoms with Crippen LogP contribution in [0.5, 0.6) is 11.5 Å². The standard InChI is InChI=1S/C20H20FN3O3S.ClH/c1-23(2)7-8-24(20-22-15-5-4-14(21)12-18(15)28-20)19(25)13-3-6-16-17(11-13)27-10-9-26-16;/h3-6,11-12H,7-10H2,1-2H3;1H. The number of aromatic nitrogens is 1. The Balaban J connectivity index is 0.00000240. The van der Waals surface area contributed by atoms with Gasteiger partial charge in [-0.3, -0.25) is 9.69 Å². The molecule has 0 bridgehead atoms. The van der Waals surface area contributed by atoms with Crippen LogP contribution in [0.4, 0.5) is 9.52 Å². The molecule has 1 aliphatic heterocycles.